The van der Waals surface area contributed by atoms with E-state index in [4.69, 9.17) is 14.2 Å². The minimum atomic E-state index is -0.692. The fourth-order valence-corrected chi connectivity index (χ4v) is 2.87. The summed E-state index contributed by atoms with van der Waals surface area (Å²) in [7, 11) is 4.84. The molecule has 6 nitrogen and oxygen atoms in total. The Bertz CT molecular complexity index is 527. The van der Waals surface area contributed by atoms with E-state index in [-0.39, 0.29) is 5.91 Å². The van der Waals surface area contributed by atoms with Crippen molar-refractivity contribution in [1.29, 1.82) is 0 Å². The summed E-state index contributed by atoms with van der Waals surface area (Å²) in [6, 6.07) is 5.78. The van der Waals surface area contributed by atoms with Crippen LogP contribution in [0.1, 0.15) is 18.4 Å². The van der Waals surface area contributed by atoms with Crippen molar-refractivity contribution >= 4 is 5.91 Å². The second kappa shape index (κ2) is 8.17. The molecule has 0 radical (unpaired) electrons. The van der Waals surface area contributed by atoms with Gasteiger partial charge in [-0.3, -0.25) is 4.79 Å². The van der Waals surface area contributed by atoms with Crippen molar-refractivity contribution in [3.63, 3.8) is 0 Å². The third-order valence-corrected chi connectivity index (χ3v) is 4.36. The summed E-state index contributed by atoms with van der Waals surface area (Å²) in [5, 5.41) is 6.24. The Morgan fingerprint density at radius 2 is 1.87 bits per heavy atom. The Hall–Kier alpha value is -1.79. The molecule has 1 heterocycles. The number of carbonyl (C=O) groups is 1. The predicted molar refractivity (Wildman–Crippen MR) is 88.1 cm³/mol. The van der Waals surface area contributed by atoms with Gasteiger partial charge >= 0.3 is 0 Å². The lowest BCUT2D eigenvalue weighted by atomic mass is 9.91. The number of ether oxygens (including phenoxy) is 3. The minimum Gasteiger partial charge on any atom is -0.493 e. The van der Waals surface area contributed by atoms with Crippen LogP contribution in [0.3, 0.4) is 0 Å². The summed E-state index contributed by atoms with van der Waals surface area (Å²) < 4.78 is 16.0. The number of rotatable bonds is 7. The topological polar surface area (TPSA) is 68.8 Å². The molecular weight excluding hydrogens is 296 g/mol. The Morgan fingerprint density at radius 1 is 1.17 bits per heavy atom. The third kappa shape index (κ3) is 4.14. The molecule has 23 heavy (non-hydrogen) atoms. The number of methoxy groups -OCH3 is 3. The van der Waals surface area contributed by atoms with Gasteiger partial charge in [0.25, 0.3) is 5.91 Å². The first kappa shape index (κ1) is 17.6. The first-order valence-electron chi connectivity index (χ1n) is 7.90. The summed E-state index contributed by atoms with van der Waals surface area (Å²) in [6.07, 6.45) is 2.13. The maximum Gasteiger partial charge on any atom is 0.252 e. The van der Waals surface area contributed by atoms with Crippen LogP contribution >= 0.6 is 0 Å². The van der Waals surface area contributed by atoms with E-state index in [1.54, 1.807) is 21.3 Å². The predicted octanol–water partition coefficient (Wildman–Crippen LogP) is 1.13. The first-order chi connectivity index (χ1) is 11.1. The van der Waals surface area contributed by atoms with E-state index >= 15 is 0 Å². The highest BCUT2D eigenvalue weighted by molar-refractivity contribution is 5.85. The van der Waals surface area contributed by atoms with E-state index < -0.39 is 5.60 Å². The van der Waals surface area contributed by atoms with Gasteiger partial charge < -0.3 is 24.8 Å². The SMILES string of the molecule is COc1ccc(CCNC(=O)C2(OC)CCNCC2)cc1OC. The van der Waals surface area contributed by atoms with Gasteiger partial charge in [-0.25, -0.2) is 0 Å². The standard InChI is InChI=1S/C17H26N2O4/c1-21-14-5-4-13(12-15(14)22-2)6-9-19-16(20)17(23-3)7-10-18-11-8-17/h4-5,12,18H,6-11H2,1-3H3,(H,19,20). The van der Waals surface area contributed by atoms with Gasteiger partial charge in [-0.1, -0.05) is 6.07 Å². The lowest BCUT2D eigenvalue weighted by Crippen LogP contribution is -2.54. The Labute approximate surface area is 137 Å². The van der Waals surface area contributed by atoms with E-state index in [1.807, 2.05) is 18.2 Å². The molecule has 0 saturated carbocycles. The largest absolute Gasteiger partial charge is 0.493 e. The zero-order valence-electron chi connectivity index (χ0n) is 14.1. The highest BCUT2D eigenvalue weighted by Gasteiger charge is 2.39. The van der Waals surface area contributed by atoms with Crippen LogP contribution in [-0.4, -0.2) is 52.5 Å². The fraction of sp³-hybridized carbons (Fsp3) is 0.588. The summed E-state index contributed by atoms with van der Waals surface area (Å²) in [4.78, 5) is 12.5. The van der Waals surface area contributed by atoms with Gasteiger partial charge in [-0.05, 0) is 50.0 Å². The van der Waals surface area contributed by atoms with Crippen molar-refractivity contribution in [3.05, 3.63) is 23.8 Å². The Balaban J connectivity index is 1.90. The van der Waals surface area contributed by atoms with Gasteiger partial charge in [0.1, 0.15) is 5.60 Å². The maximum atomic E-state index is 12.5. The second-order valence-electron chi connectivity index (χ2n) is 5.64. The highest BCUT2D eigenvalue weighted by Crippen LogP contribution is 2.27. The number of hydrogen-bond acceptors (Lipinski definition) is 5. The molecule has 0 aliphatic carbocycles. The van der Waals surface area contributed by atoms with Crippen LogP contribution in [0.2, 0.25) is 0 Å². The summed E-state index contributed by atoms with van der Waals surface area (Å²) in [5.41, 5.74) is 0.391. The Kier molecular flexibility index (Phi) is 6.24. The van der Waals surface area contributed by atoms with Crippen molar-refractivity contribution in [1.82, 2.24) is 10.6 Å². The lowest BCUT2D eigenvalue weighted by molar-refractivity contribution is -0.146. The van der Waals surface area contributed by atoms with Crippen LogP contribution in [0.25, 0.3) is 0 Å². The van der Waals surface area contributed by atoms with E-state index in [9.17, 15) is 4.79 Å². The molecule has 6 heteroatoms. The number of amides is 1. The molecule has 0 bridgehead atoms. The molecule has 1 aromatic carbocycles. The molecular formula is C17H26N2O4. The van der Waals surface area contributed by atoms with Crippen molar-refractivity contribution < 1.29 is 19.0 Å². The normalized spacial score (nSPS) is 16.7. The smallest absolute Gasteiger partial charge is 0.252 e. The van der Waals surface area contributed by atoms with Crippen LogP contribution in [0.5, 0.6) is 11.5 Å². The van der Waals surface area contributed by atoms with Crippen molar-refractivity contribution in [2.45, 2.75) is 24.9 Å². The number of carbonyl (C=O) groups excluding carboxylic acids is 1. The third-order valence-electron chi connectivity index (χ3n) is 4.36. The van der Waals surface area contributed by atoms with Crippen LogP contribution < -0.4 is 20.1 Å². The average Bonchev–Trinajstić information content (AvgIpc) is 2.61. The second-order valence-corrected chi connectivity index (χ2v) is 5.64. The molecule has 2 rings (SSSR count). The van der Waals surface area contributed by atoms with E-state index in [0.29, 0.717) is 30.9 Å². The monoisotopic (exact) mass is 322 g/mol. The van der Waals surface area contributed by atoms with Gasteiger partial charge in [-0.2, -0.15) is 0 Å². The van der Waals surface area contributed by atoms with Crippen LogP contribution in [0, 0.1) is 0 Å². The zero-order chi connectivity index (χ0) is 16.7. The van der Waals surface area contributed by atoms with Crippen LogP contribution in [0.15, 0.2) is 18.2 Å². The molecule has 0 atom stereocenters. The molecule has 2 N–H and O–H groups in total. The van der Waals surface area contributed by atoms with Crippen molar-refractivity contribution in [2.24, 2.45) is 0 Å². The van der Waals surface area contributed by atoms with Crippen LogP contribution in [0.4, 0.5) is 0 Å². The van der Waals surface area contributed by atoms with E-state index in [1.165, 1.54) is 0 Å². The van der Waals surface area contributed by atoms with Gasteiger partial charge in [-0.15, -0.1) is 0 Å². The fourth-order valence-electron chi connectivity index (χ4n) is 2.87. The molecule has 1 aliphatic rings. The lowest BCUT2D eigenvalue weighted by Gasteiger charge is -2.34. The number of hydrogen-bond donors (Lipinski definition) is 2. The van der Waals surface area contributed by atoms with Gasteiger partial charge in [0, 0.05) is 13.7 Å². The summed E-state index contributed by atoms with van der Waals surface area (Å²) >= 11 is 0. The van der Waals surface area contributed by atoms with Crippen LogP contribution in [-0.2, 0) is 16.0 Å². The molecule has 0 spiro atoms. The molecule has 0 unspecified atom stereocenters. The molecule has 1 amide bonds. The van der Waals surface area contributed by atoms with E-state index in [0.717, 1.165) is 25.1 Å². The molecule has 1 aromatic rings. The summed E-state index contributed by atoms with van der Waals surface area (Å²) in [6.45, 7) is 2.17. The number of piperidine rings is 1. The van der Waals surface area contributed by atoms with Gasteiger partial charge in [0.15, 0.2) is 11.5 Å². The zero-order valence-corrected chi connectivity index (χ0v) is 14.1. The number of nitrogens with one attached hydrogen (secondary N) is 2. The summed E-state index contributed by atoms with van der Waals surface area (Å²) in [5.74, 6) is 1.37. The molecule has 0 aromatic heterocycles. The Morgan fingerprint density at radius 3 is 2.48 bits per heavy atom. The highest BCUT2D eigenvalue weighted by atomic mass is 16.5. The number of benzene rings is 1. The quantitative estimate of drug-likeness (QED) is 0.788. The molecule has 1 saturated heterocycles. The average molecular weight is 322 g/mol. The van der Waals surface area contributed by atoms with E-state index in [2.05, 4.69) is 10.6 Å². The first-order valence-corrected chi connectivity index (χ1v) is 7.90. The molecule has 1 aliphatic heterocycles. The van der Waals surface area contributed by atoms with Gasteiger partial charge in [0.05, 0.1) is 14.2 Å². The minimum absolute atomic E-state index is 0.0259. The van der Waals surface area contributed by atoms with Gasteiger partial charge in [0.2, 0.25) is 0 Å². The molecule has 128 valence electrons. The molecule has 1 fully saturated rings. The maximum absolute atomic E-state index is 12.5. The van der Waals surface area contributed by atoms with Crippen molar-refractivity contribution in [2.75, 3.05) is 41.0 Å². The van der Waals surface area contributed by atoms with Crippen molar-refractivity contribution in [3.8, 4) is 11.5 Å².